The van der Waals surface area contributed by atoms with Gasteiger partial charge in [0.2, 0.25) is 12.7 Å². The zero-order valence-electron chi connectivity index (χ0n) is 21.5. The molecule has 0 aliphatic heterocycles. The van der Waals surface area contributed by atoms with Crippen LogP contribution in [0.1, 0.15) is 16.7 Å². The van der Waals surface area contributed by atoms with Gasteiger partial charge in [-0.3, -0.25) is 0 Å². The van der Waals surface area contributed by atoms with Crippen molar-refractivity contribution in [1.29, 1.82) is 0 Å². The van der Waals surface area contributed by atoms with Crippen molar-refractivity contribution in [3.63, 3.8) is 0 Å². The Labute approximate surface area is 294 Å². The zero-order chi connectivity index (χ0) is 28.4. The van der Waals surface area contributed by atoms with Crippen molar-refractivity contribution in [3.8, 4) is 0 Å². The Morgan fingerprint density at radius 1 is 0.714 bits per heavy atom. The van der Waals surface area contributed by atoms with E-state index in [1.54, 1.807) is 58.7 Å². The average molecular weight is 880 g/mol. The van der Waals surface area contributed by atoms with E-state index in [9.17, 15) is 13.9 Å². The van der Waals surface area contributed by atoms with Gasteiger partial charge >= 0.3 is 0 Å². The summed E-state index contributed by atoms with van der Waals surface area (Å²) in [6.07, 6.45) is 6.43. The van der Waals surface area contributed by atoms with Crippen LogP contribution in [0.25, 0.3) is 0 Å². The molecule has 0 bridgehead atoms. The van der Waals surface area contributed by atoms with Gasteiger partial charge in [-0.25, -0.2) is 17.9 Å². The van der Waals surface area contributed by atoms with E-state index < -0.39 is 17.2 Å². The second-order valence-electron chi connectivity index (χ2n) is 9.36. The highest BCUT2D eigenvalue weighted by Gasteiger charge is 2.39. The second-order valence-corrected chi connectivity index (χ2v) is 11.0. The topological polar surface area (TPSA) is 63.6 Å². The third-order valence-electron chi connectivity index (χ3n) is 6.28. The Balaban J connectivity index is 0.00000242. The van der Waals surface area contributed by atoms with Crippen molar-refractivity contribution < 1.29 is 71.0 Å². The number of halogens is 8. The van der Waals surface area contributed by atoms with Crippen LogP contribution in [0.3, 0.4) is 0 Å². The van der Waals surface area contributed by atoms with Crippen LogP contribution < -0.4 is 57.1 Å². The number of hydrogen-bond donors (Lipinski definition) is 1. The molecule has 42 heavy (non-hydrogen) atoms. The fourth-order valence-corrected chi connectivity index (χ4v) is 5.31. The predicted molar refractivity (Wildman–Crippen MR) is 146 cm³/mol. The average Bonchev–Trinajstić information content (AvgIpc) is 3.51. The van der Waals surface area contributed by atoms with E-state index in [0.717, 1.165) is 23.3 Å². The van der Waals surface area contributed by atoms with Crippen molar-refractivity contribution in [2.24, 2.45) is 0 Å². The van der Waals surface area contributed by atoms with Crippen molar-refractivity contribution in [2.75, 3.05) is 0 Å². The van der Waals surface area contributed by atoms with E-state index in [1.807, 2.05) is 12.1 Å². The molecule has 0 unspecified atom stereocenters. The minimum absolute atomic E-state index is 0. The Morgan fingerprint density at radius 3 is 1.62 bits per heavy atom. The first-order chi connectivity index (χ1) is 19.1. The summed E-state index contributed by atoms with van der Waals surface area (Å²) in [6, 6.07) is 13.4. The van der Waals surface area contributed by atoms with Crippen LogP contribution in [0.15, 0.2) is 79.9 Å². The number of rotatable bonds is 9. The Kier molecular flexibility index (Phi) is 12.4. The molecule has 3 aromatic carbocycles. The standard InChI is InChI=1S/C27H22Cl4F2N6O.2HI/c28-20-3-1-18(24(30)7-20)10-36-14-34-38(16-36)12-27(40,23-6-5-22(32)9-26(23)33)13-39-17-37(15-35-39)11-19-2-4-21(29)8-25(19)31;;/h1-9,14-17,40H,10-13H2;2*1H/q+2;;/p-2. The van der Waals surface area contributed by atoms with E-state index in [1.165, 1.54) is 15.4 Å². The second kappa shape index (κ2) is 14.9. The molecule has 0 amide bonds. The summed E-state index contributed by atoms with van der Waals surface area (Å²) >= 11 is 24.6. The van der Waals surface area contributed by atoms with Crippen LogP contribution in [0, 0.1) is 11.6 Å². The van der Waals surface area contributed by atoms with E-state index >= 15 is 0 Å². The van der Waals surface area contributed by atoms with Gasteiger partial charge in [0.1, 0.15) is 24.7 Å². The first kappa shape index (κ1) is 34.9. The molecule has 1 N–H and O–H groups in total. The molecule has 0 saturated heterocycles. The summed E-state index contributed by atoms with van der Waals surface area (Å²) in [5, 5.41) is 22.6. The summed E-state index contributed by atoms with van der Waals surface area (Å²) in [4.78, 5) is 0. The first-order valence-electron chi connectivity index (χ1n) is 12.0. The molecule has 0 saturated carbocycles. The van der Waals surface area contributed by atoms with Crippen LogP contribution in [0.5, 0.6) is 0 Å². The molecule has 0 radical (unpaired) electrons. The third kappa shape index (κ3) is 8.51. The lowest BCUT2D eigenvalue weighted by atomic mass is 9.93. The van der Waals surface area contributed by atoms with E-state index in [4.69, 9.17) is 46.4 Å². The molecule has 5 aromatic rings. The monoisotopic (exact) mass is 878 g/mol. The van der Waals surface area contributed by atoms with Gasteiger partial charge < -0.3 is 53.1 Å². The molecule has 0 fully saturated rings. The van der Waals surface area contributed by atoms with Crippen molar-refractivity contribution in [2.45, 2.75) is 31.8 Å². The molecule has 0 aliphatic carbocycles. The minimum atomic E-state index is -1.85. The molecule has 2 heterocycles. The highest BCUT2D eigenvalue weighted by atomic mass is 127. The number of hydrogen-bond acceptors (Lipinski definition) is 3. The quantitative estimate of drug-likeness (QED) is 0.157. The number of aliphatic hydroxyl groups is 1. The third-order valence-corrected chi connectivity index (χ3v) is 7.45. The Morgan fingerprint density at radius 2 is 1.19 bits per heavy atom. The summed E-state index contributed by atoms with van der Waals surface area (Å²) in [7, 11) is 0. The molecular formula is C27H22Cl4F2I2N6O. The maximum Gasteiger partial charge on any atom is 0.265 e. The molecule has 0 atom stereocenters. The molecule has 7 nitrogen and oxygen atoms in total. The molecule has 0 aliphatic rings. The normalized spacial score (nSPS) is 11.2. The molecule has 2 aromatic heterocycles. The fourth-order valence-electron chi connectivity index (χ4n) is 4.37. The van der Waals surface area contributed by atoms with Gasteiger partial charge in [0.15, 0.2) is 5.60 Å². The highest BCUT2D eigenvalue weighted by Crippen LogP contribution is 2.28. The van der Waals surface area contributed by atoms with Crippen LogP contribution in [0.4, 0.5) is 8.78 Å². The number of benzene rings is 3. The Hall–Kier alpha value is -1.62. The smallest absolute Gasteiger partial charge is 0.265 e. The summed E-state index contributed by atoms with van der Waals surface area (Å²) in [5.41, 5.74) is -0.310. The van der Waals surface area contributed by atoms with Gasteiger partial charge in [-0.1, -0.05) is 64.6 Å². The van der Waals surface area contributed by atoms with Crippen molar-refractivity contribution >= 4 is 46.4 Å². The van der Waals surface area contributed by atoms with E-state index in [2.05, 4.69) is 10.2 Å². The minimum Gasteiger partial charge on any atom is -1.00 e. The maximum atomic E-state index is 15.0. The number of aromatic nitrogens is 6. The van der Waals surface area contributed by atoms with Gasteiger partial charge in [-0.15, -0.1) is 9.36 Å². The molecule has 222 valence electrons. The fraction of sp³-hybridized carbons (Fsp3) is 0.185. The summed E-state index contributed by atoms with van der Waals surface area (Å²) in [6.45, 7) is 0.483. The van der Waals surface area contributed by atoms with Crippen LogP contribution in [0.2, 0.25) is 20.1 Å². The largest absolute Gasteiger partial charge is 1.00 e. The first-order valence-corrected chi connectivity index (χ1v) is 13.5. The summed E-state index contributed by atoms with van der Waals surface area (Å²) < 4.78 is 35.2. The maximum absolute atomic E-state index is 15.0. The van der Waals surface area contributed by atoms with Gasteiger partial charge in [-0.05, 0) is 30.3 Å². The van der Waals surface area contributed by atoms with Gasteiger partial charge in [-0.2, -0.15) is 0 Å². The predicted octanol–water partition coefficient (Wildman–Crippen LogP) is -0.761. The molecule has 0 spiro atoms. The van der Waals surface area contributed by atoms with Crippen LogP contribution in [-0.2, 0) is 31.8 Å². The van der Waals surface area contributed by atoms with Gasteiger partial charge in [0.25, 0.3) is 12.7 Å². The lowest BCUT2D eigenvalue weighted by Gasteiger charge is -2.24. The lowest BCUT2D eigenvalue weighted by molar-refractivity contribution is -0.689. The SMILES string of the molecule is OC(Cn1c[n+](Cc2ccc(Cl)cc2Cl)cn1)(Cn1c[n+](Cc2ccc(Cl)cc2Cl)cn1)c1ccc(F)cc1F.[I-].[I-]. The zero-order valence-corrected chi connectivity index (χ0v) is 28.8. The molecule has 5 rings (SSSR count). The van der Waals surface area contributed by atoms with Gasteiger partial charge in [0.05, 0.1) is 13.1 Å². The van der Waals surface area contributed by atoms with Crippen LogP contribution in [-0.4, -0.2) is 24.7 Å². The van der Waals surface area contributed by atoms with Crippen LogP contribution >= 0.6 is 46.4 Å². The number of nitrogens with zero attached hydrogens (tertiary/aromatic N) is 6. The summed E-state index contributed by atoms with van der Waals surface area (Å²) in [5.74, 6) is -1.64. The molecule has 15 heteroatoms. The van der Waals surface area contributed by atoms with E-state index in [-0.39, 0.29) is 66.6 Å². The van der Waals surface area contributed by atoms with E-state index in [0.29, 0.717) is 33.2 Å². The van der Waals surface area contributed by atoms with Crippen molar-refractivity contribution in [3.05, 3.63) is 128 Å². The van der Waals surface area contributed by atoms with Crippen molar-refractivity contribution in [1.82, 2.24) is 19.6 Å². The van der Waals surface area contributed by atoms with Gasteiger partial charge in [0, 0.05) is 53.0 Å². The molecular weight excluding hydrogens is 858 g/mol. The highest BCUT2D eigenvalue weighted by molar-refractivity contribution is 6.35. The Bertz CT molecular complexity index is 1590. The lowest BCUT2D eigenvalue weighted by Crippen LogP contribution is -3.00.